The fourth-order valence-electron chi connectivity index (χ4n) is 2.23. The Morgan fingerprint density at radius 1 is 1.53 bits per heavy atom. The Hall–Kier alpha value is -0.610. The van der Waals surface area contributed by atoms with Crippen molar-refractivity contribution < 1.29 is 14.6 Å². The van der Waals surface area contributed by atoms with Crippen molar-refractivity contribution in [2.45, 2.75) is 52.2 Å². The first-order valence-corrected chi connectivity index (χ1v) is 6.63. The highest BCUT2D eigenvalue weighted by molar-refractivity contribution is 5.73. The molecule has 0 aliphatic carbocycles. The SMILES string of the molecule is CC[C@@H](C(=O)O)N1CC[C@@H](OCCC(C)C)C1. The molecule has 4 heteroatoms. The lowest BCUT2D eigenvalue weighted by molar-refractivity contribution is -0.143. The van der Waals surface area contributed by atoms with Crippen LogP contribution in [0.15, 0.2) is 0 Å². The predicted molar refractivity (Wildman–Crippen MR) is 67.1 cm³/mol. The Bertz CT molecular complexity index is 243. The van der Waals surface area contributed by atoms with Crippen LogP contribution < -0.4 is 0 Å². The van der Waals surface area contributed by atoms with Gasteiger partial charge < -0.3 is 9.84 Å². The molecule has 1 aliphatic heterocycles. The molecule has 1 aliphatic rings. The van der Waals surface area contributed by atoms with Crippen LogP contribution in [0.4, 0.5) is 0 Å². The van der Waals surface area contributed by atoms with Gasteiger partial charge in [-0.1, -0.05) is 20.8 Å². The molecule has 4 nitrogen and oxygen atoms in total. The van der Waals surface area contributed by atoms with Crippen molar-refractivity contribution in [1.82, 2.24) is 4.90 Å². The van der Waals surface area contributed by atoms with Crippen molar-refractivity contribution >= 4 is 5.97 Å². The Balaban J connectivity index is 2.29. The van der Waals surface area contributed by atoms with Crippen LogP contribution in [0.1, 0.15) is 40.0 Å². The second-order valence-electron chi connectivity index (χ2n) is 5.22. The zero-order valence-corrected chi connectivity index (χ0v) is 11.2. The van der Waals surface area contributed by atoms with E-state index in [4.69, 9.17) is 9.84 Å². The van der Waals surface area contributed by atoms with Crippen LogP contribution in [0.2, 0.25) is 0 Å². The minimum absolute atomic E-state index is 0.224. The van der Waals surface area contributed by atoms with Crippen LogP contribution >= 0.6 is 0 Å². The summed E-state index contributed by atoms with van der Waals surface area (Å²) in [5, 5.41) is 9.09. The maximum Gasteiger partial charge on any atom is 0.320 e. The van der Waals surface area contributed by atoms with Crippen molar-refractivity contribution in [3.05, 3.63) is 0 Å². The highest BCUT2D eigenvalue weighted by atomic mass is 16.5. The average molecular weight is 243 g/mol. The van der Waals surface area contributed by atoms with Gasteiger partial charge in [0.25, 0.3) is 0 Å². The van der Waals surface area contributed by atoms with E-state index in [9.17, 15) is 4.79 Å². The van der Waals surface area contributed by atoms with Gasteiger partial charge in [0.15, 0.2) is 0 Å². The molecule has 1 saturated heterocycles. The van der Waals surface area contributed by atoms with Gasteiger partial charge in [0.1, 0.15) is 6.04 Å². The maximum absolute atomic E-state index is 11.0. The third-order valence-electron chi connectivity index (χ3n) is 3.34. The van der Waals surface area contributed by atoms with Gasteiger partial charge >= 0.3 is 5.97 Å². The third kappa shape index (κ3) is 4.64. The van der Waals surface area contributed by atoms with E-state index in [-0.39, 0.29) is 12.1 Å². The molecule has 0 aromatic rings. The van der Waals surface area contributed by atoms with Crippen LogP contribution in [0.5, 0.6) is 0 Å². The molecule has 0 aromatic heterocycles. The molecule has 1 rings (SSSR count). The second kappa shape index (κ2) is 6.97. The summed E-state index contributed by atoms with van der Waals surface area (Å²) in [5.41, 5.74) is 0. The summed E-state index contributed by atoms with van der Waals surface area (Å²) in [6, 6.07) is -0.339. The molecule has 100 valence electrons. The fourth-order valence-corrected chi connectivity index (χ4v) is 2.23. The maximum atomic E-state index is 11.0. The number of hydrogen-bond acceptors (Lipinski definition) is 3. The molecular weight excluding hydrogens is 218 g/mol. The standard InChI is InChI=1S/C13H25NO3/c1-4-12(13(15)16)14-7-5-11(9-14)17-8-6-10(2)3/h10-12H,4-9H2,1-3H3,(H,15,16)/t11-,12+/m1/s1. The minimum atomic E-state index is -0.713. The van der Waals surface area contributed by atoms with Gasteiger partial charge in [-0.3, -0.25) is 9.69 Å². The van der Waals surface area contributed by atoms with Crippen molar-refractivity contribution in [1.29, 1.82) is 0 Å². The topological polar surface area (TPSA) is 49.8 Å². The molecular formula is C13H25NO3. The lowest BCUT2D eigenvalue weighted by Crippen LogP contribution is -2.39. The zero-order valence-electron chi connectivity index (χ0n) is 11.2. The number of hydrogen-bond donors (Lipinski definition) is 1. The Morgan fingerprint density at radius 2 is 2.24 bits per heavy atom. The summed E-state index contributed by atoms with van der Waals surface area (Å²) in [4.78, 5) is 13.1. The number of aliphatic carboxylic acids is 1. The summed E-state index contributed by atoms with van der Waals surface area (Å²) in [7, 11) is 0. The summed E-state index contributed by atoms with van der Waals surface area (Å²) in [5.74, 6) is -0.0507. The average Bonchev–Trinajstić information content (AvgIpc) is 2.66. The predicted octanol–water partition coefficient (Wildman–Crippen LogP) is 1.99. The number of carboxylic acids is 1. The first kappa shape index (κ1) is 14.5. The first-order valence-electron chi connectivity index (χ1n) is 6.63. The van der Waals surface area contributed by atoms with Crippen molar-refractivity contribution in [2.24, 2.45) is 5.92 Å². The molecule has 0 aromatic carbocycles. The van der Waals surface area contributed by atoms with Crippen LogP contribution in [-0.4, -0.2) is 47.8 Å². The van der Waals surface area contributed by atoms with Gasteiger partial charge in [-0.25, -0.2) is 0 Å². The number of likely N-dealkylation sites (tertiary alicyclic amines) is 1. The second-order valence-corrected chi connectivity index (χ2v) is 5.22. The molecule has 1 heterocycles. The normalized spacial score (nSPS) is 23.2. The van der Waals surface area contributed by atoms with Crippen LogP contribution in [-0.2, 0) is 9.53 Å². The number of rotatable bonds is 7. The molecule has 17 heavy (non-hydrogen) atoms. The van der Waals surface area contributed by atoms with Gasteiger partial charge in [-0.2, -0.15) is 0 Å². The van der Waals surface area contributed by atoms with E-state index in [2.05, 4.69) is 13.8 Å². The Labute approximate surface area is 104 Å². The number of ether oxygens (including phenoxy) is 1. The van der Waals surface area contributed by atoms with Crippen LogP contribution in [0, 0.1) is 5.92 Å². The van der Waals surface area contributed by atoms with Crippen LogP contribution in [0.3, 0.4) is 0 Å². The largest absolute Gasteiger partial charge is 0.480 e. The van der Waals surface area contributed by atoms with Crippen molar-refractivity contribution in [2.75, 3.05) is 19.7 Å². The lowest BCUT2D eigenvalue weighted by atomic mass is 10.1. The molecule has 0 spiro atoms. The van der Waals surface area contributed by atoms with E-state index in [0.717, 1.165) is 32.5 Å². The first-order chi connectivity index (χ1) is 8.04. The number of carbonyl (C=O) groups is 1. The molecule has 1 fully saturated rings. The summed E-state index contributed by atoms with van der Waals surface area (Å²) in [6.07, 6.45) is 2.92. The van der Waals surface area contributed by atoms with Gasteiger partial charge in [0.05, 0.1) is 6.10 Å². The summed E-state index contributed by atoms with van der Waals surface area (Å²) < 4.78 is 5.78. The van der Waals surface area contributed by atoms with E-state index in [1.165, 1.54) is 0 Å². The van der Waals surface area contributed by atoms with Gasteiger partial charge in [0.2, 0.25) is 0 Å². The Kier molecular flexibility index (Phi) is 5.92. The quantitative estimate of drug-likeness (QED) is 0.743. The molecule has 0 saturated carbocycles. The fraction of sp³-hybridized carbons (Fsp3) is 0.923. The molecule has 0 bridgehead atoms. The van der Waals surface area contributed by atoms with E-state index in [0.29, 0.717) is 12.3 Å². The molecule has 0 amide bonds. The third-order valence-corrected chi connectivity index (χ3v) is 3.34. The Morgan fingerprint density at radius 3 is 2.76 bits per heavy atom. The van der Waals surface area contributed by atoms with E-state index >= 15 is 0 Å². The molecule has 0 radical (unpaired) electrons. The van der Waals surface area contributed by atoms with E-state index in [1.54, 1.807) is 0 Å². The lowest BCUT2D eigenvalue weighted by Gasteiger charge is -2.22. The van der Waals surface area contributed by atoms with E-state index < -0.39 is 5.97 Å². The smallest absolute Gasteiger partial charge is 0.320 e. The van der Waals surface area contributed by atoms with Crippen LogP contribution in [0.25, 0.3) is 0 Å². The highest BCUT2D eigenvalue weighted by Crippen LogP contribution is 2.18. The number of carboxylic acid groups (broad SMARTS) is 1. The monoisotopic (exact) mass is 243 g/mol. The molecule has 2 atom stereocenters. The van der Waals surface area contributed by atoms with Crippen molar-refractivity contribution in [3.63, 3.8) is 0 Å². The van der Waals surface area contributed by atoms with Gasteiger partial charge in [0, 0.05) is 19.7 Å². The molecule has 0 unspecified atom stereocenters. The highest BCUT2D eigenvalue weighted by Gasteiger charge is 2.31. The summed E-state index contributed by atoms with van der Waals surface area (Å²) >= 11 is 0. The van der Waals surface area contributed by atoms with Crippen molar-refractivity contribution in [3.8, 4) is 0 Å². The zero-order chi connectivity index (χ0) is 12.8. The van der Waals surface area contributed by atoms with Gasteiger partial charge in [-0.05, 0) is 25.2 Å². The van der Waals surface area contributed by atoms with E-state index in [1.807, 2.05) is 11.8 Å². The minimum Gasteiger partial charge on any atom is -0.480 e. The number of nitrogens with zero attached hydrogens (tertiary/aromatic N) is 1. The summed E-state index contributed by atoms with van der Waals surface area (Å²) in [6.45, 7) is 8.69. The molecule has 1 N–H and O–H groups in total. The van der Waals surface area contributed by atoms with Gasteiger partial charge in [-0.15, -0.1) is 0 Å².